The Hall–Kier alpha value is -2.25. The standard InChI is InChI=1S/C13H11N3O.H3O4P/c1-15-8-7-12-14-11(9-13(17)16(12)15)10-5-3-2-4-6-10;1-5(2,3)4/h2-9H,1H3;(H3,1,2,3,4). The highest BCUT2D eigenvalue weighted by Crippen LogP contribution is 2.25. The Balaban J connectivity index is 0.000000309. The molecule has 22 heavy (non-hydrogen) atoms. The molecule has 116 valence electrons. The molecule has 0 aliphatic carbocycles. The molecular formula is C13H14N3O5P. The Labute approximate surface area is 125 Å². The number of fused-ring (bicyclic) bond motifs is 1. The van der Waals surface area contributed by atoms with E-state index in [9.17, 15) is 4.79 Å². The van der Waals surface area contributed by atoms with Crippen LogP contribution in [0.1, 0.15) is 0 Å². The Morgan fingerprint density at radius 3 is 2.27 bits per heavy atom. The predicted octanol–water partition coefficient (Wildman–Crippen LogP) is 0.771. The van der Waals surface area contributed by atoms with Crippen LogP contribution < -0.4 is 5.56 Å². The molecule has 2 aromatic heterocycles. The van der Waals surface area contributed by atoms with Crippen LogP contribution in [0, 0.1) is 0 Å². The van der Waals surface area contributed by atoms with E-state index in [0.29, 0.717) is 11.3 Å². The molecule has 0 radical (unpaired) electrons. The highest BCUT2D eigenvalue weighted by molar-refractivity contribution is 7.45. The fourth-order valence-electron chi connectivity index (χ4n) is 1.92. The van der Waals surface area contributed by atoms with Crippen molar-refractivity contribution in [2.45, 2.75) is 0 Å². The molecule has 0 saturated heterocycles. The van der Waals surface area contributed by atoms with Crippen LogP contribution in [-0.4, -0.2) is 28.9 Å². The molecule has 2 heterocycles. The first kappa shape index (κ1) is 16.1. The molecule has 0 fully saturated rings. The van der Waals surface area contributed by atoms with Crippen LogP contribution in [0.5, 0.6) is 0 Å². The first-order valence-electron chi connectivity index (χ1n) is 6.15. The average Bonchev–Trinajstić information content (AvgIpc) is 2.80. The molecule has 9 heteroatoms. The number of rotatable bonds is 1. The largest absolute Gasteiger partial charge is 0.466 e. The van der Waals surface area contributed by atoms with E-state index in [-0.39, 0.29) is 5.56 Å². The van der Waals surface area contributed by atoms with Gasteiger partial charge in [-0.1, -0.05) is 30.3 Å². The summed E-state index contributed by atoms with van der Waals surface area (Å²) in [5.74, 6) is 0. The highest BCUT2D eigenvalue weighted by atomic mass is 31.2. The molecule has 0 amide bonds. The van der Waals surface area contributed by atoms with Crippen molar-refractivity contribution < 1.29 is 19.2 Å². The van der Waals surface area contributed by atoms with E-state index < -0.39 is 7.82 Å². The minimum atomic E-state index is -4.64. The zero-order valence-electron chi connectivity index (χ0n) is 11.6. The quantitative estimate of drug-likeness (QED) is 0.570. The summed E-state index contributed by atoms with van der Waals surface area (Å²) in [6, 6.07) is 13.1. The zero-order valence-corrected chi connectivity index (χ0v) is 12.5. The molecule has 3 N–H and O–H groups in total. The number of benzene rings is 1. The van der Waals surface area contributed by atoms with Gasteiger partial charge in [0.2, 0.25) is 0 Å². The van der Waals surface area contributed by atoms with Crippen molar-refractivity contribution in [3.63, 3.8) is 0 Å². The van der Waals surface area contributed by atoms with Gasteiger partial charge in [-0.05, 0) is 0 Å². The lowest BCUT2D eigenvalue weighted by molar-refractivity contribution is 0.275. The second-order valence-electron chi connectivity index (χ2n) is 4.42. The topological polar surface area (TPSA) is 117 Å². The number of aromatic nitrogens is 3. The number of phosphoric acid groups is 1. The molecule has 0 atom stereocenters. The minimum absolute atomic E-state index is 0.0682. The Morgan fingerprint density at radius 1 is 1.09 bits per heavy atom. The van der Waals surface area contributed by atoms with Gasteiger partial charge in [-0.2, -0.15) is 4.52 Å². The van der Waals surface area contributed by atoms with E-state index in [1.807, 2.05) is 49.6 Å². The van der Waals surface area contributed by atoms with Gasteiger partial charge in [0, 0.05) is 30.9 Å². The number of nitrogens with zero attached hydrogens (tertiary/aromatic N) is 3. The smallest absolute Gasteiger partial charge is 0.303 e. The maximum absolute atomic E-state index is 12.0. The molecule has 3 rings (SSSR count). The molecule has 0 bridgehead atoms. The van der Waals surface area contributed by atoms with Crippen molar-refractivity contribution in [2.75, 3.05) is 0 Å². The lowest BCUT2D eigenvalue weighted by Gasteiger charge is -2.02. The van der Waals surface area contributed by atoms with E-state index in [4.69, 9.17) is 19.2 Å². The summed E-state index contributed by atoms with van der Waals surface area (Å²) in [6.07, 6.45) is 1.82. The lowest BCUT2D eigenvalue weighted by atomic mass is 10.1. The lowest BCUT2D eigenvalue weighted by Crippen LogP contribution is -2.18. The molecule has 3 aromatic rings. The fraction of sp³-hybridized carbons (Fsp3) is 0.0769. The van der Waals surface area contributed by atoms with Gasteiger partial charge in [-0.3, -0.25) is 9.48 Å². The minimum Gasteiger partial charge on any atom is -0.303 e. The van der Waals surface area contributed by atoms with Crippen LogP contribution in [0.3, 0.4) is 0 Å². The summed E-state index contributed by atoms with van der Waals surface area (Å²) in [6.45, 7) is 0. The number of hydrogen-bond acceptors (Lipinski definition) is 3. The van der Waals surface area contributed by atoms with Crippen LogP contribution >= 0.6 is 7.82 Å². The van der Waals surface area contributed by atoms with Gasteiger partial charge in [0.25, 0.3) is 5.56 Å². The third-order valence-electron chi connectivity index (χ3n) is 2.75. The van der Waals surface area contributed by atoms with Crippen molar-refractivity contribution >= 4 is 13.5 Å². The maximum Gasteiger partial charge on any atom is 0.466 e. The van der Waals surface area contributed by atoms with Crippen molar-refractivity contribution in [2.24, 2.45) is 7.05 Å². The SMILES string of the molecule is Cn1ccc2nc(-c3ccccc3)cc(=O)n21.O=P(O)(O)O. The summed E-state index contributed by atoms with van der Waals surface area (Å²) in [5, 5.41) is 0. The zero-order chi connectivity index (χ0) is 16.3. The van der Waals surface area contributed by atoms with Crippen LogP contribution in [0.2, 0.25) is 0 Å². The van der Waals surface area contributed by atoms with Crippen LogP contribution in [-0.2, 0) is 11.6 Å². The first-order valence-corrected chi connectivity index (χ1v) is 7.71. The summed E-state index contributed by atoms with van der Waals surface area (Å²) in [4.78, 5) is 38.0. The van der Waals surface area contributed by atoms with Crippen LogP contribution in [0.4, 0.5) is 0 Å². The van der Waals surface area contributed by atoms with Gasteiger partial charge in [-0.15, -0.1) is 0 Å². The summed E-state index contributed by atoms with van der Waals surface area (Å²) >= 11 is 0. The third-order valence-corrected chi connectivity index (χ3v) is 2.75. The van der Waals surface area contributed by atoms with Crippen molar-refractivity contribution in [3.8, 4) is 11.3 Å². The monoisotopic (exact) mass is 323 g/mol. The second-order valence-corrected chi connectivity index (χ2v) is 5.44. The van der Waals surface area contributed by atoms with E-state index in [1.165, 1.54) is 4.52 Å². The van der Waals surface area contributed by atoms with Crippen molar-refractivity contribution in [1.29, 1.82) is 0 Å². The van der Waals surface area contributed by atoms with E-state index in [0.717, 1.165) is 5.56 Å². The normalized spacial score (nSPS) is 11.1. The average molecular weight is 323 g/mol. The maximum atomic E-state index is 12.0. The third kappa shape index (κ3) is 4.12. The van der Waals surface area contributed by atoms with E-state index in [2.05, 4.69) is 4.98 Å². The van der Waals surface area contributed by atoms with E-state index >= 15 is 0 Å². The van der Waals surface area contributed by atoms with Crippen molar-refractivity contribution in [1.82, 2.24) is 14.2 Å². The van der Waals surface area contributed by atoms with Crippen LogP contribution in [0.25, 0.3) is 16.9 Å². The van der Waals surface area contributed by atoms with Crippen LogP contribution in [0.15, 0.2) is 53.5 Å². The number of aryl methyl sites for hydroxylation is 1. The molecular weight excluding hydrogens is 309 g/mol. The predicted molar refractivity (Wildman–Crippen MR) is 80.1 cm³/mol. The van der Waals surface area contributed by atoms with Gasteiger partial charge in [0.15, 0.2) is 5.65 Å². The Bertz CT molecular complexity index is 873. The summed E-state index contributed by atoms with van der Waals surface area (Å²) < 4.78 is 12.1. The first-order chi connectivity index (χ1) is 10.3. The molecule has 0 aliphatic rings. The molecule has 1 aromatic carbocycles. The number of hydrogen-bond donors (Lipinski definition) is 3. The van der Waals surface area contributed by atoms with E-state index in [1.54, 1.807) is 10.7 Å². The van der Waals surface area contributed by atoms with Gasteiger partial charge in [0.05, 0.1) is 5.69 Å². The summed E-state index contributed by atoms with van der Waals surface area (Å²) in [7, 11) is -2.82. The molecule has 0 spiro atoms. The highest BCUT2D eigenvalue weighted by Gasteiger charge is 2.05. The van der Waals surface area contributed by atoms with Gasteiger partial charge in [-0.25, -0.2) is 9.55 Å². The molecule has 8 nitrogen and oxygen atoms in total. The Kier molecular flexibility index (Phi) is 4.58. The van der Waals surface area contributed by atoms with Crippen molar-refractivity contribution in [3.05, 3.63) is 59.0 Å². The molecule has 0 aliphatic heterocycles. The summed E-state index contributed by atoms with van der Waals surface area (Å²) in [5.41, 5.74) is 2.26. The molecule has 0 saturated carbocycles. The second kappa shape index (κ2) is 6.25. The van der Waals surface area contributed by atoms with Gasteiger partial charge >= 0.3 is 7.82 Å². The molecule has 0 unspecified atom stereocenters. The van der Waals surface area contributed by atoms with Gasteiger partial charge < -0.3 is 14.7 Å². The Morgan fingerprint density at radius 2 is 1.68 bits per heavy atom. The van der Waals surface area contributed by atoms with Gasteiger partial charge in [0.1, 0.15) is 0 Å². The fourth-order valence-corrected chi connectivity index (χ4v) is 1.92.